The second-order valence-electron chi connectivity index (χ2n) is 7.16. The number of carboxylic acid groups (broad SMARTS) is 1. The SMILES string of the molecule is CC(C)(C)OC(=O)N[C@@H](CCCCN)C(=O)N1CC(Br)CC1C(=O)O. The summed E-state index contributed by atoms with van der Waals surface area (Å²) in [5.41, 5.74) is 4.80. The average molecular weight is 422 g/mol. The highest BCUT2D eigenvalue weighted by molar-refractivity contribution is 9.09. The minimum Gasteiger partial charge on any atom is -0.480 e. The van der Waals surface area contributed by atoms with Gasteiger partial charge in [0, 0.05) is 11.4 Å². The highest BCUT2D eigenvalue weighted by Gasteiger charge is 2.41. The maximum atomic E-state index is 12.8. The number of unbranched alkanes of at least 4 members (excludes halogenated alkanes) is 1. The summed E-state index contributed by atoms with van der Waals surface area (Å²) in [4.78, 5) is 37.5. The van der Waals surface area contributed by atoms with Crippen molar-refractivity contribution in [2.75, 3.05) is 13.1 Å². The molecule has 1 fully saturated rings. The van der Waals surface area contributed by atoms with E-state index in [4.69, 9.17) is 10.5 Å². The van der Waals surface area contributed by atoms with E-state index < -0.39 is 35.7 Å². The zero-order chi connectivity index (χ0) is 19.2. The van der Waals surface area contributed by atoms with Gasteiger partial charge in [-0.25, -0.2) is 9.59 Å². The number of rotatable bonds is 7. The molecule has 25 heavy (non-hydrogen) atoms. The van der Waals surface area contributed by atoms with E-state index in [2.05, 4.69) is 21.2 Å². The number of carbonyl (C=O) groups is 3. The van der Waals surface area contributed by atoms with Crippen molar-refractivity contribution in [1.29, 1.82) is 0 Å². The predicted molar refractivity (Wildman–Crippen MR) is 96.5 cm³/mol. The zero-order valence-corrected chi connectivity index (χ0v) is 16.5. The minimum atomic E-state index is -1.05. The summed E-state index contributed by atoms with van der Waals surface area (Å²) in [6, 6.07) is -1.73. The molecule has 0 aromatic heterocycles. The van der Waals surface area contributed by atoms with Crippen molar-refractivity contribution in [3.63, 3.8) is 0 Å². The zero-order valence-electron chi connectivity index (χ0n) is 15.0. The number of hydrogen-bond donors (Lipinski definition) is 3. The highest BCUT2D eigenvalue weighted by Crippen LogP contribution is 2.25. The second kappa shape index (κ2) is 9.38. The number of halogens is 1. The molecule has 2 unspecified atom stereocenters. The van der Waals surface area contributed by atoms with Crippen LogP contribution in [0.15, 0.2) is 0 Å². The molecule has 0 radical (unpaired) electrons. The Hall–Kier alpha value is -1.35. The van der Waals surface area contributed by atoms with Crippen LogP contribution in [-0.4, -0.2) is 63.6 Å². The van der Waals surface area contributed by atoms with Crippen LogP contribution in [-0.2, 0) is 14.3 Å². The van der Waals surface area contributed by atoms with Gasteiger partial charge in [-0.05, 0) is 53.0 Å². The molecule has 8 nitrogen and oxygen atoms in total. The average Bonchev–Trinajstić information content (AvgIpc) is 2.86. The van der Waals surface area contributed by atoms with Gasteiger partial charge in [-0.2, -0.15) is 0 Å². The first kappa shape index (κ1) is 21.7. The van der Waals surface area contributed by atoms with Gasteiger partial charge in [-0.3, -0.25) is 4.79 Å². The third-order valence-corrected chi connectivity index (χ3v) is 4.42. The molecule has 0 aromatic rings. The van der Waals surface area contributed by atoms with Crippen LogP contribution in [0.25, 0.3) is 0 Å². The van der Waals surface area contributed by atoms with E-state index in [0.717, 1.165) is 0 Å². The first-order valence-corrected chi connectivity index (χ1v) is 9.33. The summed E-state index contributed by atoms with van der Waals surface area (Å²) in [5, 5.41) is 11.9. The number of nitrogens with zero attached hydrogens (tertiary/aromatic N) is 1. The van der Waals surface area contributed by atoms with E-state index in [1.54, 1.807) is 20.8 Å². The first-order chi connectivity index (χ1) is 11.5. The van der Waals surface area contributed by atoms with E-state index in [1.807, 2.05) is 0 Å². The molecule has 0 bridgehead atoms. The molecule has 4 N–H and O–H groups in total. The minimum absolute atomic E-state index is 0.0798. The monoisotopic (exact) mass is 421 g/mol. The first-order valence-electron chi connectivity index (χ1n) is 8.42. The van der Waals surface area contributed by atoms with Crippen LogP contribution >= 0.6 is 15.9 Å². The Morgan fingerprint density at radius 1 is 1.36 bits per heavy atom. The summed E-state index contributed by atoms with van der Waals surface area (Å²) >= 11 is 3.37. The number of carboxylic acids is 1. The molecule has 1 aliphatic rings. The molecule has 0 aliphatic carbocycles. The number of carbonyl (C=O) groups excluding carboxylic acids is 2. The lowest BCUT2D eigenvalue weighted by molar-refractivity contribution is -0.149. The number of amides is 2. The number of alkyl carbamates (subject to hydrolysis) is 1. The Morgan fingerprint density at radius 2 is 2.00 bits per heavy atom. The molecule has 0 spiro atoms. The maximum absolute atomic E-state index is 12.8. The topological polar surface area (TPSA) is 122 Å². The Balaban J connectivity index is 2.84. The van der Waals surface area contributed by atoms with Crippen molar-refractivity contribution in [1.82, 2.24) is 10.2 Å². The van der Waals surface area contributed by atoms with Gasteiger partial charge >= 0.3 is 12.1 Å². The predicted octanol–water partition coefficient (Wildman–Crippen LogP) is 1.46. The molecule has 1 saturated heterocycles. The third kappa shape index (κ3) is 7.19. The lowest BCUT2D eigenvalue weighted by Crippen LogP contribution is -2.52. The standard InChI is InChI=1S/C16H28BrN3O5/c1-16(2,3)25-15(24)19-11(6-4-5-7-18)13(21)20-9-10(17)8-12(20)14(22)23/h10-12H,4-9,18H2,1-3H3,(H,19,24)(H,22,23)/t10?,11-,12?/m0/s1. The van der Waals surface area contributed by atoms with Crippen LogP contribution in [0.3, 0.4) is 0 Å². The van der Waals surface area contributed by atoms with Crippen LogP contribution in [0.1, 0.15) is 46.5 Å². The molecular weight excluding hydrogens is 394 g/mol. The molecule has 0 saturated carbocycles. The van der Waals surface area contributed by atoms with Crippen LogP contribution < -0.4 is 11.1 Å². The fourth-order valence-corrected chi connectivity index (χ4v) is 3.33. The van der Waals surface area contributed by atoms with Crippen LogP contribution in [0.4, 0.5) is 4.79 Å². The van der Waals surface area contributed by atoms with Gasteiger partial charge in [0.05, 0.1) is 0 Å². The van der Waals surface area contributed by atoms with E-state index >= 15 is 0 Å². The fourth-order valence-electron chi connectivity index (χ4n) is 2.66. The van der Waals surface area contributed by atoms with E-state index in [1.165, 1.54) is 4.90 Å². The summed E-state index contributed by atoms with van der Waals surface area (Å²) in [6.45, 7) is 5.97. The maximum Gasteiger partial charge on any atom is 0.408 e. The van der Waals surface area contributed by atoms with Gasteiger partial charge in [0.2, 0.25) is 5.91 Å². The van der Waals surface area contributed by atoms with Crippen LogP contribution in [0.5, 0.6) is 0 Å². The van der Waals surface area contributed by atoms with Crippen molar-refractivity contribution in [2.45, 2.75) is 69.0 Å². The van der Waals surface area contributed by atoms with Crippen molar-refractivity contribution in [2.24, 2.45) is 5.73 Å². The number of nitrogens with one attached hydrogen (secondary N) is 1. The van der Waals surface area contributed by atoms with Gasteiger partial charge in [0.1, 0.15) is 17.7 Å². The normalized spacial score (nSPS) is 21.7. The molecule has 3 atom stereocenters. The van der Waals surface area contributed by atoms with Gasteiger partial charge in [-0.1, -0.05) is 15.9 Å². The molecule has 1 aliphatic heterocycles. The van der Waals surface area contributed by atoms with Crippen molar-refractivity contribution in [3.8, 4) is 0 Å². The summed E-state index contributed by atoms with van der Waals surface area (Å²) in [7, 11) is 0. The Bertz CT molecular complexity index is 495. The number of alkyl halides is 1. The van der Waals surface area contributed by atoms with Crippen LogP contribution in [0.2, 0.25) is 0 Å². The molecule has 2 amide bonds. The molecule has 9 heteroatoms. The second-order valence-corrected chi connectivity index (χ2v) is 8.46. The molecule has 1 rings (SSSR count). The fraction of sp³-hybridized carbons (Fsp3) is 0.812. The van der Waals surface area contributed by atoms with E-state index in [9.17, 15) is 19.5 Å². The lowest BCUT2D eigenvalue weighted by atomic mass is 10.1. The highest BCUT2D eigenvalue weighted by atomic mass is 79.9. The van der Waals surface area contributed by atoms with Gasteiger partial charge in [0.15, 0.2) is 0 Å². The van der Waals surface area contributed by atoms with Crippen LogP contribution in [0, 0.1) is 0 Å². The Kier molecular flexibility index (Phi) is 8.14. The number of likely N-dealkylation sites (tertiary alicyclic amines) is 1. The summed E-state index contributed by atoms with van der Waals surface area (Å²) in [6.07, 6.45) is 1.38. The largest absolute Gasteiger partial charge is 0.480 e. The summed E-state index contributed by atoms with van der Waals surface area (Å²) in [5.74, 6) is -1.45. The number of ether oxygens (including phenoxy) is 1. The molecule has 144 valence electrons. The van der Waals surface area contributed by atoms with Crippen molar-refractivity contribution < 1.29 is 24.2 Å². The number of nitrogens with two attached hydrogens (primary N) is 1. The van der Waals surface area contributed by atoms with E-state index in [0.29, 0.717) is 38.8 Å². The number of aliphatic carboxylic acids is 1. The Labute approximate surface area is 156 Å². The number of hydrogen-bond acceptors (Lipinski definition) is 5. The lowest BCUT2D eigenvalue weighted by Gasteiger charge is -2.28. The van der Waals surface area contributed by atoms with E-state index in [-0.39, 0.29) is 4.83 Å². The van der Waals surface area contributed by atoms with Crippen molar-refractivity contribution >= 4 is 33.9 Å². The smallest absolute Gasteiger partial charge is 0.408 e. The van der Waals surface area contributed by atoms with Crippen molar-refractivity contribution in [3.05, 3.63) is 0 Å². The summed E-state index contributed by atoms with van der Waals surface area (Å²) < 4.78 is 5.21. The van der Waals surface area contributed by atoms with Gasteiger partial charge in [0.25, 0.3) is 0 Å². The molecule has 0 aromatic carbocycles. The third-order valence-electron chi connectivity index (χ3n) is 3.75. The van der Waals surface area contributed by atoms with Gasteiger partial charge in [-0.15, -0.1) is 0 Å². The molecule has 1 heterocycles. The van der Waals surface area contributed by atoms with Gasteiger partial charge < -0.3 is 25.8 Å². The molecular formula is C16H28BrN3O5. The quantitative estimate of drug-likeness (QED) is 0.422. The Morgan fingerprint density at radius 3 is 2.52 bits per heavy atom.